The number of hydrogen-bond donors (Lipinski definition) is 2. The number of nitrogen functional groups attached to an aromatic ring is 1. The topological polar surface area (TPSA) is 64.3 Å². The van der Waals surface area contributed by atoms with Crippen LogP contribution < -0.4 is 15.8 Å². The van der Waals surface area contributed by atoms with E-state index in [4.69, 9.17) is 10.5 Å². The summed E-state index contributed by atoms with van der Waals surface area (Å²) in [7, 11) is 0. The maximum absolute atomic E-state index is 11.8. The van der Waals surface area contributed by atoms with Gasteiger partial charge in [-0.25, -0.2) is 0 Å². The lowest BCUT2D eigenvalue weighted by molar-refractivity contribution is -0.124. The van der Waals surface area contributed by atoms with Crippen LogP contribution in [-0.4, -0.2) is 18.1 Å². The summed E-state index contributed by atoms with van der Waals surface area (Å²) < 4.78 is 5.40. The summed E-state index contributed by atoms with van der Waals surface area (Å²) in [6, 6.07) is 7.02. The van der Waals surface area contributed by atoms with Gasteiger partial charge in [-0.15, -0.1) is 0 Å². The van der Waals surface area contributed by atoms with Gasteiger partial charge in [-0.3, -0.25) is 4.79 Å². The fourth-order valence-electron chi connectivity index (χ4n) is 2.02. The summed E-state index contributed by atoms with van der Waals surface area (Å²) in [6.45, 7) is 4.16. The van der Waals surface area contributed by atoms with Crippen molar-refractivity contribution < 1.29 is 9.53 Å². The van der Waals surface area contributed by atoms with Gasteiger partial charge >= 0.3 is 0 Å². The Morgan fingerprint density at radius 3 is 2.56 bits per heavy atom. The lowest BCUT2D eigenvalue weighted by Crippen LogP contribution is -2.47. The molecule has 4 nitrogen and oxygen atoms in total. The normalized spacial score (nSPS) is 15.2. The van der Waals surface area contributed by atoms with E-state index in [0.717, 1.165) is 0 Å². The Labute approximate surface area is 108 Å². The zero-order valence-corrected chi connectivity index (χ0v) is 10.9. The Balaban J connectivity index is 1.79. The molecule has 0 heterocycles. The molecule has 1 aromatic rings. The maximum Gasteiger partial charge on any atom is 0.258 e. The van der Waals surface area contributed by atoms with Crippen molar-refractivity contribution in [3.8, 4) is 5.75 Å². The monoisotopic (exact) mass is 248 g/mol. The number of carbonyl (C=O) groups is 1. The van der Waals surface area contributed by atoms with E-state index in [1.807, 2.05) is 0 Å². The van der Waals surface area contributed by atoms with Crippen LogP contribution in [0.15, 0.2) is 24.3 Å². The molecule has 0 atom stereocenters. The number of ether oxygens (including phenoxy) is 1. The second-order valence-corrected chi connectivity index (χ2v) is 5.40. The molecule has 98 valence electrons. The summed E-state index contributed by atoms with van der Waals surface area (Å²) in [5.41, 5.74) is 6.13. The lowest BCUT2D eigenvalue weighted by atomic mass is 9.99. The van der Waals surface area contributed by atoms with Crippen molar-refractivity contribution in [3.05, 3.63) is 24.3 Å². The number of nitrogens with two attached hydrogens (primary N) is 1. The Bertz CT molecular complexity index is 422. The van der Waals surface area contributed by atoms with Crippen molar-refractivity contribution in [3.63, 3.8) is 0 Å². The highest BCUT2D eigenvalue weighted by molar-refractivity contribution is 5.78. The van der Waals surface area contributed by atoms with E-state index in [0.29, 0.717) is 17.4 Å². The van der Waals surface area contributed by atoms with Gasteiger partial charge in [0, 0.05) is 11.2 Å². The third-order valence-electron chi connectivity index (χ3n) is 3.31. The Kier molecular flexibility index (Phi) is 3.45. The molecule has 0 unspecified atom stereocenters. The minimum Gasteiger partial charge on any atom is -0.484 e. The summed E-state index contributed by atoms with van der Waals surface area (Å²) in [5.74, 6) is 1.19. The van der Waals surface area contributed by atoms with Crippen LogP contribution in [-0.2, 0) is 4.79 Å². The molecule has 1 amide bonds. The fraction of sp³-hybridized carbons (Fsp3) is 0.500. The van der Waals surface area contributed by atoms with E-state index >= 15 is 0 Å². The average molecular weight is 248 g/mol. The van der Waals surface area contributed by atoms with Crippen LogP contribution in [0.25, 0.3) is 0 Å². The molecular formula is C14H20N2O2. The van der Waals surface area contributed by atoms with Gasteiger partial charge in [0.15, 0.2) is 6.61 Å². The molecule has 4 heteroatoms. The zero-order chi connectivity index (χ0) is 13.2. The van der Waals surface area contributed by atoms with E-state index in [2.05, 4.69) is 19.2 Å². The van der Waals surface area contributed by atoms with Crippen molar-refractivity contribution >= 4 is 11.6 Å². The molecule has 3 N–H and O–H groups in total. The molecule has 1 aliphatic carbocycles. The number of rotatable bonds is 5. The predicted octanol–water partition coefficient (Wildman–Crippen LogP) is 1.95. The molecule has 0 radical (unpaired) electrons. The first-order valence-electron chi connectivity index (χ1n) is 6.27. The highest BCUT2D eigenvalue weighted by Crippen LogP contribution is 2.39. The Morgan fingerprint density at radius 1 is 1.39 bits per heavy atom. The number of nitrogens with one attached hydrogen (secondary N) is 1. The van der Waals surface area contributed by atoms with Crippen molar-refractivity contribution in [2.45, 2.75) is 32.2 Å². The SMILES string of the molecule is CC(C)(NC(=O)COc1ccc(N)cc1)C1CC1. The smallest absolute Gasteiger partial charge is 0.258 e. The summed E-state index contributed by atoms with van der Waals surface area (Å²) in [4.78, 5) is 11.8. The first-order chi connectivity index (χ1) is 8.47. The Hall–Kier alpha value is -1.71. The van der Waals surface area contributed by atoms with E-state index in [-0.39, 0.29) is 18.1 Å². The van der Waals surface area contributed by atoms with E-state index in [9.17, 15) is 4.79 Å². The molecular weight excluding hydrogens is 228 g/mol. The first kappa shape index (κ1) is 12.7. The van der Waals surface area contributed by atoms with Gasteiger partial charge in [-0.1, -0.05) is 0 Å². The summed E-state index contributed by atoms with van der Waals surface area (Å²) >= 11 is 0. The second kappa shape index (κ2) is 4.88. The number of amides is 1. The van der Waals surface area contributed by atoms with Crippen LogP contribution >= 0.6 is 0 Å². The minimum atomic E-state index is -0.123. The number of benzene rings is 1. The zero-order valence-electron chi connectivity index (χ0n) is 10.9. The second-order valence-electron chi connectivity index (χ2n) is 5.40. The molecule has 0 bridgehead atoms. The molecule has 1 aliphatic rings. The van der Waals surface area contributed by atoms with Gasteiger partial charge in [0.2, 0.25) is 0 Å². The molecule has 18 heavy (non-hydrogen) atoms. The third-order valence-corrected chi connectivity index (χ3v) is 3.31. The summed E-state index contributed by atoms with van der Waals surface area (Å²) in [5, 5.41) is 3.01. The minimum absolute atomic E-state index is 0.0417. The van der Waals surface area contributed by atoms with E-state index in [1.165, 1.54) is 12.8 Å². The predicted molar refractivity (Wildman–Crippen MR) is 71.3 cm³/mol. The Morgan fingerprint density at radius 2 is 2.00 bits per heavy atom. The highest BCUT2D eigenvalue weighted by Gasteiger charge is 2.38. The molecule has 0 aromatic heterocycles. The van der Waals surface area contributed by atoms with Crippen molar-refractivity contribution in [1.29, 1.82) is 0 Å². The standard InChI is InChI=1S/C14H20N2O2/c1-14(2,10-3-4-10)16-13(17)9-18-12-7-5-11(15)6-8-12/h5-8,10H,3-4,9,15H2,1-2H3,(H,16,17). The average Bonchev–Trinajstić information content (AvgIpc) is 3.11. The van der Waals surface area contributed by atoms with Gasteiger partial charge in [0.05, 0.1) is 0 Å². The van der Waals surface area contributed by atoms with Crippen LogP contribution in [0, 0.1) is 5.92 Å². The molecule has 2 rings (SSSR count). The van der Waals surface area contributed by atoms with Crippen molar-refractivity contribution in [1.82, 2.24) is 5.32 Å². The molecule has 1 saturated carbocycles. The molecule has 0 saturated heterocycles. The molecule has 0 aliphatic heterocycles. The van der Waals surface area contributed by atoms with E-state index in [1.54, 1.807) is 24.3 Å². The quantitative estimate of drug-likeness (QED) is 0.783. The fourth-order valence-corrected chi connectivity index (χ4v) is 2.02. The number of anilines is 1. The third kappa shape index (κ3) is 3.39. The lowest BCUT2D eigenvalue weighted by Gasteiger charge is -2.26. The first-order valence-corrected chi connectivity index (χ1v) is 6.27. The van der Waals surface area contributed by atoms with Gasteiger partial charge in [0.1, 0.15) is 5.75 Å². The van der Waals surface area contributed by atoms with Crippen molar-refractivity contribution in [2.24, 2.45) is 5.92 Å². The van der Waals surface area contributed by atoms with Gasteiger partial charge in [0.25, 0.3) is 5.91 Å². The molecule has 0 spiro atoms. The largest absolute Gasteiger partial charge is 0.484 e. The van der Waals surface area contributed by atoms with Crippen LogP contribution in [0.2, 0.25) is 0 Å². The highest BCUT2D eigenvalue weighted by atomic mass is 16.5. The van der Waals surface area contributed by atoms with Crippen LogP contribution in [0.5, 0.6) is 5.75 Å². The van der Waals surface area contributed by atoms with E-state index < -0.39 is 0 Å². The maximum atomic E-state index is 11.8. The van der Waals surface area contributed by atoms with Gasteiger partial charge < -0.3 is 15.8 Å². The van der Waals surface area contributed by atoms with Gasteiger partial charge in [-0.05, 0) is 56.9 Å². The van der Waals surface area contributed by atoms with Crippen LogP contribution in [0.3, 0.4) is 0 Å². The molecule has 1 fully saturated rings. The molecule has 1 aromatic carbocycles. The number of carbonyl (C=O) groups excluding carboxylic acids is 1. The van der Waals surface area contributed by atoms with Crippen LogP contribution in [0.4, 0.5) is 5.69 Å². The summed E-state index contributed by atoms with van der Waals surface area (Å²) in [6.07, 6.45) is 2.40. The number of hydrogen-bond acceptors (Lipinski definition) is 3. The van der Waals surface area contributed by atoms with Crippen LogP contribution in [0.1, 0.15) is 26.7 Å². The van der Waals surface area contributed by atoms with Crippen molar-refractivity contribution in [2.75, 3.05) is 12.3 Å². The van der Waals surface area contributed by atoms with Gasteiger partial charge in [-0.2, -0.15) is 0 Å².